The van der Waals surface area contributed by atoms with Crippen LogP contribution in [-0.4, -0.2) is 9.55 Å². The highest BCUT2D eigenvalue weighted by atomic mass is 16.1. The topological polar surface area (TPSA) is 34.9 Å². The molecule has 0 radical (unpaired) electrons. The smallest absolute Gasteiger partial charge is 0.265 e. The second kappa shape index (κ2) is 4.84. The van der Waals surface area contributed by atoms with Gasteiger partial charge in [-0.05, 0) is 25.0 Å². The Bertz CT molecular complexity index is 773. The van der Waals surface area contributed by atoms with Crippen LogP contribution in [0.2, 0.25) is 0 Å². The van der Waals surface area contributed by atoms with Gasteiger partial charge in [-0.1, -0.05) is 37.3 Å². The van der Waals surface area contributed by atoms with Crippen molar-refractivity contribution in [3.63, 3.8) is 0 Å². The number of para-hydroxylation sites is 1. The molecule has 1 aromatic carbocycles. The zero-order valence-electron chi connectivity index (χ0n) is 11.0. The molecule has 0 spiro atoms. The lowest BCUT2D eigenvalue weighted by atomic mass is 10.1. The summed E-state index contributed by atoms with van der Waals surface area (Å²) in [6.45, 7) is 2.03. The Kier molecular flexibility index (Phi) is 3.03. The summed E-state index contributed by atoms with van der Waals surface area (Å²) in [5.74, 6) is 0.821. The first kappa shape index (κ1) is 11.9. The van der Waals surface area contributed by atoms with E-state index in [1.807, 2.05) is 43.3 Å². The summed E-state index contributed by atoms with van der Waals surface area (Å²) in [4.78, 5) is 17.3. The molecule has 1 aliphatic rings. The fraction of sp³-hybridized carbons (Fsp3) is 0.250. The van der Waals surface area contributed by atoms with Gasteiger partial charge >= 0.3 is 0 Å². The number of hydrogen-bond acceptors (Lipinski definition) is 2. The Labute approximate surface area is 111 Å². The van der Waals surface area contributed by atoms with Crippen molar-refractivity contribution in [1.82, 2.24) is 9.55 Å². The van der Waals surface area contributed by atoms with E-state index in [2.05, 4.69) is 11.1 Å². The summed E-state index contributed by atoms with van der Waals surface area (Å²) < 4.78 is 1.73. The number of aromatic nitrogens is 2. The van der Waals surface area contributed by atoms with Gasteiger partial charge in [0.2, 0.25) is 0 Å². The van der Waals surface area contributed by atoms with E-state index < -0.39 is 0 Å². The summed E-state index contributed by atoms with van der Waals surface area (Å²) in [7, 11) is 0. The first-order valence-electron chi connectivity index (χ1n) is 6.69. The summed E-state index contributed by atoms with van der Waals surface area (Å²) >= 11 is 0. The summed E-state index contributed by atoms with van der Waals surface area (Å²) in [5, 5.41) is 1.59. The van der Waals surface area contributed by atoms with Crippen molar-refractivity contribution in [1.29, 1.82) is 0 Å². The highest BCUT2D eigenvalue weighted by Crippen LogP contribution is 2.05. The second-order valence-electron chi connectivity index (χ2n) is 4.64. The van der Waals surface area contributed by atoms with Crippen molar-refractivity contribution in [3.8, 4) is 5.69 Å². The van der Waals surface area contributed by atoms with Crippen LogP contribution in [0.4, 0.5) is 0 Å². The van der Waals surface area contributed by atoms with Gasteiger partial charge in [-0.15, -0.1) is 0 Å². The molecular weight excluding hydrogens is 236 g/mol. The average molecular weight is 252 g/mol. The van der Waals surface area contributed by atoms with Crippen LogP contribution in [-0.2, 0) is 6.42 Å². The Morgan fingerprint density at radius 1 is 1.16 bits per heavy atom. The van der Waals surface area contributed by atoms with Crippen LogP contribution in [0.25, 0.3) is 17.8 Å². The maximum Gasteiger partial charge on any atom is 0.265 e. The van der Waals surface area contributed by atoms with E-state index >= 15 is 0 Å². The van der Waals surface area contributed by atoms with Crippen molar-refractivity contribution in [2.24, 2.45) is 0 Å². The van der Waals surface area contributed by atoms with Gasteiger partial charge in [-0.25, -0.2) is 4.98 Å². The number of nitrogens with zero attached hydrogens (tertiary/aromatic N) is 2. The quantitative estimate of drug-likeness (QED) is 0.803. The molecule has 0 amide bonds. The molecule has 0 atom stereocenters. The van der Waals surface area contributed by atoms with Gasteiger partial charge in [0, 0.05) is 6.42 Å². The van der Waals surface area contributed by atoms with E-state index in [1.54, 1.807) is 4.57 Å². The second-order valence-corrected chi connectivity index (χ2v) is 4.64. The molecule has 0 saturated heterocycles. The molecule has 0 aliphatic heterocycles. The van der Waals surface area contributed by atoms with Crippen molar-refractivity contribution >= 4 is 12.2 Å². The zero-order chi connectivity index (χ0) is 13.2. The van der Waals surface area contributed by atoms with Gasteiger partial charge < -0.3 is 0 Å². The van der Waals surface area contributed by atoms with Crippen molar-refractivity contribution < 1.29 is 0 Å². The van der Waals surface area contributed by atoms with Crippen LogP contribution >= 0.6 is 0 Å². The molecule has 0 fully saturated rings. The van der Waals surface area contributed by atoms with Crippen LogP contribution in [0.15, 0.2) is 35.1 Å². The molecule has 0 unspecified atom stereocenters. The van der Waals surface area contributed by atoms with Crippen molar-refractivity contribution in [2.45, 2.75) is 26.2 Å². The summed E-state index contributed by atoms with van der Waals surface area (Å²) in [6, 6.07) is 9.72. The minimum atomic E-state index is 0.0454. The highest BCUT2D eigenvalue weighted by Gasteiger charge is 2.10. The Morgan fingerprint density at radius 3 is 2.63 bits per heavy atom. The van der Waals surface area contributed by atoms with E-state index in [0.29, 0.717) is 0 Å². The highest BCUT2D eigenvalue weighted by molar-refractivity contribution is 5.38. The normalized spacial score (nSPS) is 13.3. The molecule has 3 nitrogen and oxygen atoms in total. The van der Waals surface area contributed by atoms with Crippen LogP contribution in [0.1, 0.15) is 25.6 Å². The van der Waals surface area contributed by atoms with Crippen LogP contribution < -0.4 is 16.1 Å². The number of hydrogen-bond donors (Lipinski definition) is 0. The van der Waals surface area contributed by atoms with Gasteiger partial charge in [-0.2, -0.15) is 0 Å². The van der Waals surface area contributed by atoms with Crippen LogP contribution in [0.3, 0.4) is 0 Å². The SMILES string of the molecule is CCc1nc2c(c(=O)n1-c1ccccc1)=CCCC=2. The maximum absolute atomic E-state index is 12.7. The van der Waals surface area contributed by atoms with Crippen molar-refractivity contribution in [2.75, 3.05) is 0 Å². The molecule has 0 saturated carbocycles. The van der Waals surface area contributed by atoms with E-state index in [0.717, 1.165) is 41.3 Å². The third kappa shape index (κ3) is 2.01. The van der Waals surface area contributed by atoms with Gasteiger partial charge in [0.25, 0.3) is 5.56 Å². The number of fused-ring (bicyclic) bond motifs is 1. The van der Waals surface area contributed by atoms with Gasteiger partial charge in [0.1, 0.15) is 5.82 Å². The fourth-order valence-electron chi connectivity index (χ4n) is 2.47. The molecule has 19 heavy (non-hydrogen) atoms. The van der Waals surface area contributed by atoms with E-state index in [-0.39, 0.29) is 5.56 Å². The molecule has 1 aromatic heterocycles. The summed E-state index contributed by atoms with van der Waals surface area (Å²) in [5.41, 5.74) is 0.933. The van der Waals surface area contributed by atoms with Gasteiger partial charge in [0.15, 0.2) is 0 Å². The minimum absolute atomic E-state index is 0.0454. The lowest BCUT2D eigenvalue weighted by Crippen LogP contribution is -2.48. The largest absolute Gasteiger partial charge is 0.268 e. The molecule has 1 heterocycles. The standard InChI is InChI=1S/C16H16N2O/c1-2-15-17-14-11-7-6-10-13(14)16(19)18(15)12-8-4-3-5-9-12/h3-5,8-11H,2,6-7H2,1H3. The first-order chi connectivity index (χ1) is 9.31. The molecule has 96 valence electrons. The Morgan fingerprint density at radius 2 is 1.89 bits per heavy atom. The number of aryl methyl sites for hydroxylation is 1. The third-order valence-corrected chi connectivity index (χ3v) is 3.40. The van der Waals surface area contributed by atoms with Crippen LogP contribution in [0, 0.1) is 0 Å². The predicted octanol–water partition coefficient (Wildman–Crippen LogP) is 1.15. The molecule has 0 bridgehead atoms. The zero-order valence-corrected chi connectivity index (χ0v) is 11.0. The molecule has 1 aliphatic carbocycles. The maximum atomic E-state index is 12.7. The van der Waals surface area contributed by atoms with Crippen LogP contribution in [0.5, 0.6) is 0 Å². The molecule has 3 rings (SSSR count). The van der Waals surface area contributed by atoms with E-state index in [4.69, 9.17) is 0 Å². The third-order valence-electron chi connectivity index (χ3n) is 3.40. The lowest BCUT2D eigenvalue weighted by Gasteiger charge is -2.12. The number of benzene rings is 1. The van der Waals surface area contributed by atoms with Crippen molar-refractivity contribution in [3.05, 3.63) is 57.1 Å². The molecular formula is C16H16N2O. The minimum Gasteiger partial charge on any atom is -0.268 e. The molecule has 0 N–H and O–H groups in total. The predicted molar refractivity (Wildman–Crippen MR) is 76.6 cm³/mol. The molecule has 2 aromatic rings. The number of rotatable bonds is 2. The van der Waals surface area contributed by atoms with E-state index in [9.17, 15) is 4.79 Å². The van der Waals surface area contributed by atoms with Gasteiger partial charge in [-0.3, -0.25) is 9.36 Å². The first-order valence-corrected chi connectivity index (χ1v) is 6.69. The fourth-order valence-corrected chi connectivity index (χ4v) is 2.47. The monoisotopic (exact) mass is 252 g/mol. The Balaban J connectivity index is 2.40. The Hall–Kier alpha value is -2.16. The average Bonchev–Trinajstić information content (AvgIpc) is 2.48. The summed E-state index contributed by atoms with van der Waals surface area (Å²) in [6.07, 6.45) is 6.70. The van der Waals surface area contributed by atoms with Gasteiger partial charge in [0.05, 0.1) is 16.3 Å². The molecule has 3 heteroatoms. The van der Waals surface area contributed by atoms with E-state index in [1.165, 1.54) is 0 Å². The lowest BCUT2D eigenvalue weighted by molar-refractivity contribution is 0.788.